The number of amidine groups is 1. The molecule has 1 aromatic heterocycles. The maximum Gasteiger partial charge on any atom is 0.433 e. The van der Waals surface area contributed by atoms with Gasteiger partial charge in [0, 0.05) is 0 Å². The fraction of sp³-hybridized carbons (Fsp3) is 0. The lowest BCUT2D eigenvalue weighted by Crippen LogP contribution is -2.19. The van der Waals surface area contributed by atoms with E-state index in [-0.39, 0.29) is 33.8 Å². The molecule has 3 N–H and O–H groups in total. The van der Waals surface area contributed by atoms with E-state index in [1.54, 1.807) is 0 Å². The summed E-state index contributed by atoms with van der Waals surface area (Å²) in [4.78, 5) is 37.4. The van der Waals surface area contributed by atoms with Gasteiger partial charge in [-0.05, 0) is 48.2 Å². The molecule has 1 saturated heterocycles. The summed E-state index contributed by atoms with van der Waals surface area (Å²) in [6, 6.07) is 6.44. The minimum atomic E-state index is -1.30. The first kappa shape index (κ1) is 18.9. The van der Waals surface area contributed by atoms with Crippen LogP contribution in [0.2, 0.25) is 0 Å². The van der Waals surface area contributed by atoms with Crippen molar-refractivity contribution in [2.24, 2.45) is 4.99 Å². The zero-order chi connectivity index (χ0) is 20.3. The minimum Gasteiger partial charge on any atom is -0.507 e. The van der Waals surface area contributed by atoms with Crippen LogP contribution in [-0.4, -0.2) is 32.2 Å². The highest BCUT2D eigenvalue weighted by molar-refractivity contribution is 8.18. The molecule has 0 saturated carbocycles. The van der Waals surface area contributed by atoms with Crippen molar-refractivity contribution in [1.29, 1.82) is 0 Å². The van der Waals surface area contributed by atoms with Crippen molar-refractivity contribution in [3.8, 4) is 5.75 Å². The van der Waals surface area contributed by atoms with Gasteiger partial charge in [0.2, 0.25) is 0 Å². The molecule has 1 amide bonds. The maximum absolute atomic E-state index is 12.0. The first-order valence-corrected chi connectivity index (χ1v) is 8.42. The molecule has 1 aliphatic heterocycles. The molecule has 1 fully saturated rings. The van der Waals surface area contributed by atoms with Crippen LogP contribution < -0.4 is 5.32 Å². The molecule has 28 heavy (non-hydrogen) atoms. The Morgan fingerprint density at radius 3 is 2.79 bits per heavy atom. The Morgan fingerprint density at radius 1 is 1.32 bits per heavy atom. The molecule has 0 radical (unpaired) electrons. The summed E-state index contributed by atoms with van der Waals surface area (Å²) >= 11 is 1.03. The number of carbonyl (C=O) groups is 2. The first-order valence-electron chi connectivity index (χ1n) is 7.60. The lowest BCUT2D eigenvalue weighted by atomic mass is 10.2. The SMILES string of the molecule is O=C1NC(=Nc2ccc(O)c(C(=O)O)c2)S/C1=C\C=C\c1ccc([N+](=O)[O-])o1. The van der Waals surface area contributed by atoms with Crippen molar-refractivity contribution in [3.05, 3.63) is 68.8 Å². The summed E-state index contributed by atoms with van der Waals surface area (Å²) in [6.45, 7) is 0. The summed E-state index contributed by atoms with van der Waals surface area (Å²) in [5, 5.41) is 31.9. The van der Waals surface area contributed by atoms with Gasteiger partial charge in [-0.25, -0.2) is 9.79 Å². The number of aliphatic imine (C=N–C) groups is 1. The summed E-state index contributed by atoms with van der Waals surface area (Å²) in [7, 11) is 0. The second-order valence-electron chi connectivity index (χ2n) is 5.30. The van der Waals surface area contributed by atoms with Gasteiger partial charge in [-0.1, -0.05) is 6.08 Å². The van der Waals surface area contributed by atoms with Crippen LogP contribution in [0.4, 0.5) is 11.6 Å². The first-order chi connectivity index (χ1) is 13.3. The minimum absolute atomic E-state index is 0.236. The van der Waals surface area contributed by atoms with Crippen LogP contribution >= 0.6 is 11.8 Å². The number of allylic oxidation sites excluding steroid dienone is 2. The highest BCUT2D eigenvalue weighted by Crippen LogP contribution is 2.28. The third kappa shape index (κ3) is 4.27. The smallest absolute Gasteiger partial charge is 0.433 e. The fourth-order valence-corrected chi connectivity index (χ4v) is 2.93. The molecular weight excluding hydrogens is 390 g/mol. The van der Waals surface area contributed by atoms with Gasteiger partial charge in [0.15, 0.2) is 5.17 Å². The Bertz CT molecular complexity index is 1070. The predicted molar refractivity (Wildman–Crippen MR) is 100 cm³/mol. The number of aromatic carboxylic acids is 1. The van der Waals surface area contributed by atoms with Crippen LogP contribution in [0.5, 0.6) is 5.75 Å². The molecule has 2 aromatic rings. The maximum atomic E-state index is 12.0. The lowest BCUT2D eigenvalue weighted by molar-refractivity contribution is -0.402. The molecule has 1 aromatic carbocycles. The second-order valence-corrected chi connectivity index (χ2v) is 6.33. The quantitative estimate of drug-likeness (QED) is 0.392. The highest BCUT2D eigenvalue weighted by Gasteiger charge is 2.23. The molecule has 142 valence electrons. The van der Waals surface area contributed by atoms with Crippen molar-refractivity contribution in [1.82, 2.24) is 5.32 Å². The zero-order valence-electron chi connectivity index (χ0n) is 13.9. The van der Waals surface area contributed by atoms with Gasteiger partial charge in [-0.3, -0.25) is 14.9 Å². The van der Waals surface area contributed by atoms with Gasteiger partial charge in [-0.15, -0.1) is 0 Å². The van der Waals surface area contributed by atoms with Gasteiger partial charge in [0.05, 0.1) is 16.7 Å². The molecule has 3 rings (SSSR count). The Morgan fingerprint density at radius 2 is 2.11 bits per heavy atom. The number of benzene rings is 1. The number of amides is 1. The second kappa shape index (κ2) is 7.80. The predicted octanol–water partition coefficient (Wildman–Crippen LogP) is 3.04. The summed E-state index contributed by atoms with van der Waals surface area (Å²) in [5.74, 6) is -2.22. The third-order valence-corrected chi connectivity index (χ3v) is 4.32. The molecule has 0 unspecified atom stereocenters. The number of carboxylic acids is 1. The number of furan rings is 1. The largest absolute Gasteiger partial charge is 0.507 e. The van der Waals surface area contributed by atoms with Crippen molar-refractivity contribution < 1.29 is 29.1 Å². The number of nitrogens with zero attached hydrogens (tertiary/aromatic N) is 2. The van der Waals surface area contributed by atoms with Gasteiger partial charge >= 0.3 is 11.9 Å². The van der Waals surface area contributed by atoms with Crippen LogP contribution in [0.3, 0.4) is 0 Å². The van der Waals surface area contributed by atoms with Crippen LogP contribution in [0.1, 0.15) is 16.1 Å². The highest BCUT2D eigenvalue weighted by atomic mass is 32.2. The van der Waals surface area contributed by atoms with Gasteiger partial charge < -0.3 is 19.9 Å². The van der Waals surface area contributed by atoms with Crippen molar-refractivity contribution in [3.63, 3.8) is 0 Å². The third-order valence-electron chi connectivity index (χ3n) is 3.39. The van der Waals surface area contributed by atoms with E-state index in [0.29, 0.717) is 4.91 Å². The number of carboxylic acid groups (broad SMARTS) is 1. The number of phenols is 1. The molecule has 10 nitrogen and oxygen atoms in total. The molecule has 0 atom stereocenters. The van der Waals surface area contributed by atoms with E-state index in [2.05, 4.69) is 10.3 Å². The number of rotatable bonds is 5. The molecule has 1 aliphatic rings. The van der Waals surface area contributed by atoms with Crippen LogP contribution in [0.25, 0.3) is 6.08 Å². The summed E-state index contributed by atoms with van der Waals surface area (Å²) in [5.41, 5.74) is -0.0555. The van der Waals surface area contributed by atoms with E-state index in [9.17, 15) is 24.8 Å². The van der Waals surface area contributed by atoms with Gasteiger partial charge in [0.1, 0.15) is 22.0 Å². The van der Waals surface area contributed by atoms with Crippen molar-refractivity contribution in [2.45, 2.75) is 0 Å². The Balaban J connectivity index is 1.74. The topological polar surface area (TPSA) is 155 Å². The van der Waals surface area contributed by atoms with Gasteiger partial charge in [-0.2, -0.15) is 0 Å². The average molecular weight is 401 g/mol. The Kier molecular flexibility index (Phi) is 5.27. The van der Waals surface area contributed by atoms with E-state index in [0.717, 1.165) is 11.8 Å². The van der Waals surface area contributed by atoms with E-state index < -0.39 is 16.8 Å². The van der Waals surface area contributed by atoms with Crippen molar-refractivity contribution in [2.75, 3.05) is 0 Å². The zero-order valence-corrected chi connectivity index (χ0v) is 14.7. The Labute approximate surface area is 161 Å². The van der Waals surface area contributed by atoms with E-state index in [1.165, 1.54) is 48.6 Å². The number of hydrogen-bond acceptors (Lipinski definition) is 8. The summed E-state index contributed by atoms with van der Waals surface area (Å²) in [6.07, 6.45) is 4.44. The number of nitro groups is 1. The molecule has 0 bridgehead atoms. The molecule has 2 heterocycles. The number of nitrogens with one attached hydrogen (secondary N) is 1. The normalized spacial score (nSPS) is 16.8. The van der Waals surface area contributed by atoms with Crippen molar-refractivity contribution >= 4 is 46.5 Å². The number of aromatic hydroxyl groups is 1. The average Bonchev–Trinajstić information content (AvgIpc) is 3.24. The van der Waals surface area contributed by atoms with E-state index in [4.69, 9.17) is 9.52 Å². The van der Waals surface area contributed by atoms with Crippen LogP contribution in [0, 0.1) is 10.1 Å². The molecule has 0 aliphatic carbocycles. The van der Waals surface area contributed by atoms with E-state index in [1.807, 2.05) is 0 Å². The molecule has 0 spiro atoms. The van der Waals surface area contributed by atoms with Crippen LogP contribution in [-0.2, 0) is 4.79 Å². The number of carbonyl (C=O) groups excluding carboxylic acids is 1. The Hall–Kier alpha value is -3.86. The molecule has 11 heteroatoms. The summed E-state index contributed by atoms with van der Waals surface area (Å²) < 4.78 is 4.96. The number of thioether (sulfide) groups is 1. The van der Waals surface area contributed by atoms with Crippen LogP contribution in [0.15, 0.2) is 56.8 Å². The monoisotopic (exact) mass is 401 g/mol. The lowest BCUT2D eigenvalue weighted by Gasteiger charge is -2.01. The number of hydrogen-bond donors (Lipinski definition) is 3. The van der Waals surface area contributed by atoms with Gasteiger partial charge in [0.25, 0.3) is 5.91 Å². The fourth-order valence-electron chi connectivity index (χ4n) is 2.14. The standard InChI is InChI=1S/C17H11N3O7S/c21-12-6-4-9(8-11(12)16(23)24)18-17-19-15(22)13(28-17)3-1-2-10-5-7-14(27-10)20(25)26/h1-8,21H,(H,23,24)(H,18,19,22)/b2-1+,13-3-. The van der Waals surface area contributed by atoms with E-state index >= 15 is 0 Å². The molecular formula is C17H11N3O7S.